The fourth-order valence-corrected chi connectivity index (χ4v) is 1.46. The van der Waals surface area contributed by atoms with Gasteiger partial charge in [0, 0.05) is 13.2 Å². The maximum absolute atomic E-state index is 5.66. The van der Waals surface area contributed by atoms with Gasteiger partial charge in [0.2, 0.25) is 0 Å². The summed E-state index contributed by atoms with van der Waals surface area (Å²) in [6.45, 7) is 10.3. The van der Waals surface area contributed by atoms with Crippen molar-refractivity contribution in [3.63, 3.8) is 0 Å². The molecule has 16 heavy (non-hydrogen) atoms. The van der Waals surface area contributed by atoms with Crippen LogP contribution in [0.15, 0.2) is 0 Å². The number of methoxy groups -OCH3 is 1. The topological polar surface area (TPSA) is 30.5 Å². The molecule has 0 bridgehead atoms. The highest BCUT2D eigenvalue weighted by Crippen LogP contribution is 2.05. The lowest BCUT2D eigenvalue weighted by Gasteiger charge is -2.21. The molecule has 3 nitrogen and oxygen atoms in total. The summed E-state index contributed by atoms with van der Waals surface area (Å²) in [5, 5.41) is 3.52. The molecule has 1 N–H and O–H groups in total. The van der Waals surface area contributed by atoms with Crippen molar-refractivity contribution >= 4 is 0 Å². The van der Waals surface area contributed by atoms with Gasteiger partial charge in [0.25, 0.3) is 0 Å². The molecule has 0 aliphatic carbocycles. The van der Waals surface area contributed by atoms with Crippen molar-refractivity contribution in [3.8, 4) is 0 Å². The molecule has 2 atom stereocenters. The SMILES string of the molecule is CCCNC(CCC(C)OC)COC(C)C. The average Bonchev–Trinajstić information content (AvgIpc) is 2.27. The Labute approximate surface area is 101 Å². The Kier molecular flexibility index (Phi) is 9.99. The first-order chi connectivity index (χ1) is 7.60. The molecule has 0 aromatic rings. The molecule has 0 aromatic carbocycles. The van der Waals surface area contributed by atoms with Crippen LogP contribution in [0.5, 0.6) is 0 Å². The number of nitrogens with one attached hydrogen (secondary N) is 1. The number of ether oxygens (including phenoxy) is 2. The highest BCUT2D eigenvalue weighted by molar-refractivity contribution is 4.68. The molecule has 3 heteroatoms. The smallest absolute Gasteiger partial charge is 0.0623 e. The monoisotopic (exact) mass is 231 g/mol. The number of hydrogen-bond donors (Lipinski definition) is 1. The van der Waals surface area contributed by atoms with Crippen molar-refractivity contribution in [2.75, 3.05) is 20.3 Å². The second-order valence-electron chi connectivity index (χ2n) is 4.66. The first-order valence-electron chi connectivity index (χ1n) is 6.47. The Bertz CT molecular complexity index is 151. The van der Waals surface area contributed by atoms with Crippen LogP contribution in [-0.4, -0.2) is 38.5 Å². The molecule has 0 spiro atoms. The number of hydrogen-bond acceptors (Lipinski definition) is 3. The predicted octanol–water partition coefficient (Wildman–Crippen LogP) is 2.59. The molecular formula is C13H29NO2. The van der Waals surface area contributed by atoms with E-state index < -0.39 is 0 Å². The maximum Gasteiger partial charge on any atom is 0.0623 e. The van der Waals surface area contributed by atoms with Gasteiger partial charge in [0.1, 0.15) is 0 Å². The summed E-state index contributed by atoms with van der Waals surface area (Å²) in [5.41, 5.74) is 0. The summed E-state index contributed by atoms with van der Waals surface area (Å²) in [5.74, 6) is 0. The fourth-order valence-electron chi connectivity index (χ4n) is 1.46. The third-order valence-electron chi connectivity index (χ3n) is 2.64. The van der Waals surface area contributed by atoms with E-state index in [0.717, 1.165) is 32.4 Å². The Morgan fingerprint density at radius 3 is 2.31 bits per heavy atom. The molecular weight excluding hydrogens is 202 g/mol. The summed E-state index contributed by atoms with van der Waals surface area (Å²) < 4.78 is 10.9. The number of rotatable bonds is 10. The molecule has 0 aromatic heterocycles. The molecule has 0 aliphatic heterocycles. The molecule has 0 radical (unpaired) electrons. The van der Waals surface area contributed by atoms with Crippen LogP contribution in [-0.2, 0) is 9.47 Å². The van der Waals surface area contributed by atoms with E-state index in [1.54, 1.807) is 7.11 Å². The standard InChI is InChI=1S/C13H29NO2/c1-6-9-14-13(10-16-11(2)3)8-7-12(4)15-5/h11-14H,6-10H2,1-5H3. The summed E-state index contributed by atoms with van der Waals surface area (Å²) in [7, 11) is 1.77. The molecule has 98 valence electrons. The molecule has 0 rings (SSSR count). The zero-order valence-electron chi connectivity index (χ0n) is 11.6. The first-order valence-corrected chi connectivity index (χ1v) is 6.47. The molecule has 0 saturated heterocycles. The minimum absolute atomic E-state index is 0.311. The van der Waals surface area contributed by atoms with Crippen LogP contribution in [0.2, 0.25) is 0 Å². The van der Waals surface area contributed by atoms with Crippen molar-refractivity contribution in [3.05, 3.63) is 0 Å². The lowest BCUT2D eigenvalue weighted by Crippen LogP contribution is -2.35. The molecule has 2 unspecified atom stereocenters. The van der Waals surface area contributed by atoms with E-state index in [9.17, 15) is 0 Å². The van der Waals surface area contributed by atoms with Crippen LogP contribution < -0.4 is 5.32 Å². The maximum atomic E-state index is 5.66. The van der Waals surface area contributed by atoms with Crippen LogP contribution in [0.25, 0.3) is 0 Å². The molecule has 0 aliphatic rings. The van der Waals surface area contributed by atoms with Gasteiger partial charge in [0.05, 0.1) is 18.8 Å². The fraction of sp³-hybridized carbons (Fsp3) is 1.00. The van der Waals surface area contributed by atoms with Crippen molar-refractivity contribution in [1.29, 1.82) is 0 Å². The summed E-state index contributed by atoms with van der Waals surface area (Å²) in [6, 6.07) is 0.458. The summed E-state index contributed by atoms with van der Waals surface area (Å²) in [6.07, 6.45) is 4.01. The van der Waals surface area contributed by atoms with E-state index in [4.69, 9.17) is 9.47 Å². The van der Waals surface area contributed by atoms with E-state index in [1.165, 1.54) is 0 Å². The van der Waals surface area contributed by atoms with Crippen LogP contribution in [0.3, 0.4) is 0 Å². The zero-order chi connectivity index (χ0) is 12.4. The van der Waals surface area contributed by atoms with Gasteiger partial charge in [-0.25, -0.2) is 0 Å². The highest BCUT2D eigenvalue weighted by atomic mass is 16.5. The largest absolute Gasteiger partial charge is 0.382 e. The summed E-state index contributed by atoms with van der Waals surface area (Å²) in [4.78, 5) is 0. The van der Waals surface area contributed by atoms with Crippen LogP contribution in [0, 0.1) is 0 Å². The van der Waals surface area contributed by atoms with Crippen molar-refractivity contribution in [2.45, 2.75) is 65.2 Å². The van der Waals surface area contributed by atoms with E-state index in [0.29, 0.717) is 18.2 Å². The molecule has 0 fully saturated rings. The average molecular weight is 231 g/mol. The molecule has 0 amide bonds. The lowest BCUT2D eigenvalue weighted by atomic mass is 10.1. The predicted molar refractivity (Wildman–Crippen MR) is 68.9 cm³/mol. The van der Waals surface area contributed by atoms with Gasteiger partial charge in [-0.1, -0.05) is 6.92 Å². The summed E-state index contributed by atoms with van der Waals surface area (Å²) >= 11 is 0. The normalized spacial score (nSPS) is 15.4. The van der Waals surface area contributed by atoms with E-state index in [-0.39, 0.29) is 0 Å². The van der Waals surface area contributed by atoms with Gasteiger partial charge < -0.3 is 14.8 Å². The van der Waals surface area contributed by atoms with Gasteiger partial charge in [-0.3, -0.25) is 0 Å². The van der Waals surface area contributed by atoms with Crippen LogP contribution in [0.4, 0.5) is 0 Å². The molecule has 0 heterocycles. The van der Waals surface area contributed by atoms with E-state index in [2.05, 4.69) is 33.0 Å². The van der Waals surface area contributed by atoms with Gasteiger partial charge in [-0.2, -0.15) is 0 Å². The Morgan fingerprint density at radius 1 is 1.12 bits per heavy atom. The van der Waals surface area contributed by atoms with Crippen molar-refractivity contribution in [1.82, 2.24) is 5.32 Å². The van der Waals surface area contributed by atoms with Crippen LogP contribution in [0.1, 0.15) is 47.0 Å². The first kappa shape index (κ1) is 15.9. The Hall–Kier alpha value is -0.120. The van der Waals surface area contributed by atoms with Gasteiger partial charge >= 0.3 is 0 Å². The van der Waals surface area contributed by atoms with Crippen molar-refractivity contribution in [2.24, 2.45) is 0 Å². The minimum Gasteiger partial charge on any atom is -0.382 e. The second kappa shape index (κ2) is 10.1. The lowest BCUT2D eigenvalue weighted by molar-refractivity contribution is 0.0522. The Morgan fingerprint density at radius 2 is 1.81 bits per heavy atom. The van der Waals surface area contributed by atoms with Gasteiger partial charge in [-0.05, 0) is 46.6 Å². The van der Waals surface area contributed by atoms with Gasteiger partial charge in [-0.15, -0.1) is 0 Å². The van der Waals surface area contributed by atoms with Gasteiger partial charge in [0.15, 0.2) is 0 Å². The van der Waals surface area contributed by atoms with Crippen LogP contribution >= 0.6 is 0 Å². The minimum atomic E-state index is 0.311. The Balaban J connectivity index is 3.80. The van der Waals surface area contributed by atoms with E-state index >= 15 is 0 Å². The van der Waals surface area contributed by atoms with Crippen molar-refractivity contribution < 1.29 is 9.47 Å². The molecule has 0 saturated carbocycles. The van der Waals surface area contributed by atoms with E-state index in [1.807, 2.05) is 0 Å². The third-order valence-corrected chi connectivity index (χ3v) is 2.64. The zero-order valence-corrected chi connectivity index (χ0v) is 11.6. The second-order valence-corrected chi connectivity index (χ2v) is 4.66. The third kappa shape index (κ3) is 9.13. The highest BCUT2D eigenvalue weighted by Gasteiger charge is 2.11. The quantitative estimate of drug-likeness (QED) is 0.627.